The zero-order valence-electron chi connectivity index (χ0n) is 19.7. The topological polar surface area (TPSA) is 83.9 Å². The van der Waals surface area contributed by atoms with Crippen molar-refractivity contribution in [3.8, 4) is 0 Å². The number of carboxylic acid groups (broad SMARTS) is 1. The Hall–Kier alpha value is -2.57. The summed E-state index contributed by atoms with van der Waals surface area (Å²) in [5.41, 5.74) is 0.492. The summed E-state index contributed by atoms with van der Waals surface area (Å²) in [4.78, 5) is 40.9. The molecule has 1 heterocycles. The average Bonchev–Trinajstić information content (AvgIpc) is 3.62. The Morgan fingerprint density at radius 3 is 2.37 bits per heavy atom. The van der Waals surface area contributed by atoms with Gasteiger partial charge in [-0.1, -0.05) is 54.4 Å². The molecule has 1 amide bonds. The molecule has 8 heteroatoms. The van der Waals surface area contributed by atoms with Crippen LogP contribution < -0.4 is 0 Å². The number of nitrogens with zero attached hydrogens (tertiary/aromatic N) is 1. The third-order valence-corrected chi connectivity index (χ3v) is 7.52. The number of rotatable bonds is 8. The van der Waals surface area contributed by atoms with Gasteiger partial charge in [-0.15, -0.1) is 0 Å². The molecule has 35 heavy (non-hydrogen) atoms. The van der Waals surface area contributed by atoms with Crippen LogP contribution >= 0.6 is 23.2 Å². The van der Waals surface area contributed by atoms with Crippen molar-refractivity contribution in [1.29, 1.82) is 0 Å². The van der Waals surface area contributed by atoms with Gasteiger partial charge in [-0.05, 0) is 67.5 Å². The van der Waals surface area contributed by atoms with E-state index in [0.717, 1.165) is 24.0 Å². The number of ether oxygens (including phenoxy) is 1. The molecule has 2 aliphatic rings. The average molecular weight is 518 g/mol. The van der Waals surface area contributed by atoms with Crippen molar-refractivity contribution in [3.63, 3.8) is 0 Å². The van der Waals surface area contributed by atoms with E-state index in [4.69, 9.17) is 27.9 Å². The SMILES string of the molecule is CCOC(=O)C(C1CC1)N1C(=O)[C@@](C)(CC(=O)O)CC(c2cccc(Cl)c2)[C@H]1c1ccc(Cl)cc1. The van der Waals surface area contributed by atoms with Crippen molar-refractivity contribution in [2.24, 2.45) is 11.3 Å². The number of esters is 1. The van der Waals surface area contributed by atoms with E-state index < -0.39 is 29.4 Å². The number of aliphatic carboxylic acids is 1. The normalized spacial score (nSPS) is 25.3. The molecule has 2 unspecified atom stereocenters. The number of benzene rings is 2. The molecule has 0 spiro atoms. The number of carbonyl (C=O) groups is 3. The van der Waals surface area contributed by atoms with Gasteiger partial charge in [0.25, 0.3) is 0 Å². The number of carboxylic acids is 1. The fourth-order valence-electron chi connectivity index (χ4n) is 5.36. The van der Waals surface area contributed by atoms with E-state index in [9.17, 15) is 19.5 Å². The molecule has 0 bridgehead atoms. The van der Waals surface area contributed by atoms with Crippen LogP contribution in [0.5, 0.6) is 0 Å². The fraction of sp³-hybridized carbons (Fsp3) is 0.444. The molecule has 186 valence electrons. The van der Waals surface area contributed by atoms with Gasteiger partial charge in [0.05, 0.1) is 24.5 Å². The highest BCUT2D eigenvalue weighted by Gasteiger charge is 2.56. The third-order valence-electron chi connectivity index (χ3n) is 7.03. The minimum absolute atomic E-state index is 0.0278. The number of amides is 1. The highest BCUT2D eigenvalue weighted by Crippen LogP contribution is 2.54. The first-order chi connectivity index (χ1) is 16.6. The van der Waals surface area contributed by atoms with Gasteiger partial charge in [0.1, 0.15) is 6.04 Å². The number of hydrogen-bond acceptors (Lipinski definition) is 4. The second-order valence-corrected chi connectivity index (χ2v) is 10.6. The molecule has 1 N–H and O–H groups in total. The zero-order valence-corrected chi connectivity index (χ0v) is 21.3. The van der Waals surface area contributed by atoms with Crippen LogP contribution in [0.4, 0.5) is 0 Å². The summed E-state index contributed by atoms with van der Waals surface area (Å²) < 4.78 is 5.43. The largest absolute Gasteiger partial charge is 0.481 e. The number of likely N-dealkylation sites (tertiary alicyclic amines) is 1. The molecule has 4 rings (SSSR count). The number of carbonyl (C=O) groups excluding carboxylic acids is 2. The van der Waals surface area contributed by atoms with Crippen LogP contribution in [0.2, 0.25) is 10.0 Å². The van der Waals surface area contributed by atoms with Crippen LogP contribution in [0.1, 0.15) is 62.6 Å². The van der Waals surface area contributed by atoms with Gasteiger partial charge in [-0.2, -0.15) is 0 Å². The Kier molecular flexibility index (Phi) is 7.43. The van der Waals surface area contributed by atoms with Crippen LogP contribution in [0.3, 0.4) is 0 Å². The minimum Gasteiger partial charge on any atom is -0.481 e. The van der Waals surface area contributed by atoms with E-state index in [1.165, 1.54) is 0 Å². The summed E-state index contributed by atoms with van der Waals surface area (Å²) in [5.74, 6) is -2.18. The molecule has 2 aromatic rings. The maximum absolute atomic E-state index is 14.2. The second-order valence-electron chi connectivity index (χ2n) is 9.74. The lowest BCUT2D eigenvalue weighted by molar-refractivity contribution is -0.170. The number of hydrogen-bond donors (Lipinski definition) is 1. The van der Waals surface area contributed by atoms with Gasteiger partial charge >= 0.3 is 11.9 Å². The van der Waals surface area contributed by atoms with Gasteiger partial charge in [0.15, 0.2) is 0 Å². The first-order valence-corrected chi connectivity index (χ1v) is 12.6. The molecule has 2 fully saturated rings. The fourth-order valence-corrected chi connectivity index (χ4v) is 5.68. The maximum Gasteiger partial charge on any atom is 0.329 e. The van der Waals surface area contributed by atoms with E-state index in [1.807, 2.05) is 30.3 Å². The Balaban J connectivity index is 1.92. The lowest BCUT2D eigenvalue weighted by Crippen LogP contribution is -2.59. The van der Waals surface area contributed by atoms with Crippen molar-refractivity contribution in [2.75, 3.05) is 6.61 Å². The Morgan fingerprint density at radius 2 is 1.80 bits per heavy atom. The summed E-state index contributed by atoms with van der Waals surface area (Å²) in [6.45, 7) is 3.61. The first-order valence-electron chi connectivity index (χ1n) is 11.9. The summed E-state index contributed by atoms with van der Waals surface area (Å²) in [6.07, 6.45) is 1.56. The molecule has 1 saturated carbocycles. The summed E-state index contributed by atoms with van der Waals surface area (Å²) in [6, 6.07) is 13.3. The molecule has 2 aromatic carbocycles. The van der Waals surface area contributed by atoms with Crippen molar-refractivity contribution < 1.29 is 24.2 Å². The van der Waals surface area contributed by atoms with Crippen LogP contribution in [-0.2, 0) is 19.1 Å². The molecule has 1 aliphatic heterocycles. The zero-order chi connectivity index (χ0) is 25.3. The maximum atomic E-state index is 14.2. The molecular weight excluding hydrogens is 489 g/mol. The lowest BCUT2D eigenvalue weighted by Gasteiger charge is -2.51. The smallest absolute Gasteiger partial charge is 0.329 e. The van der Waals surface area contributed by atoms with Crippen molar-refractivity contribution in [3.05, 3.63) is 69.7 Å². The standard InChI is InChI=1S/C27H29Cl2NO5/c1-3-35-25(33)24(17-7-8-17)30-23(16-9-11-19(28)12-10-16)21(18-5-4-6-20(29)13-18)14-27(2,26(30)34)15-22(31)32/h4-6,9-13,17,21,23-24H,3,7-8,14-15H2,1-2H3,(H,31,32)/t21?,23-,24?,27-/m1/s1. The van der Waals surface area contributed by atoms with E-state index in [1.54, 1.807) is 36.9 Å². The third kappa shape index (κ3) is 5.34. The molecule has 0 aromatic heterocycles. The minimum atomic E-state index is -1.21. The predicted octanol–water partition coefficient (Wildman–Crippen LogP) is 5.87. The van der Waals surface area contributed by atoms with Crippen LogP contribution in [0, 0.1) is 11.3 Å². The van der Waals surface area contributed by atoms with Crippen molar-refractivity contribution in [1.82, 2.24) is 4.90 Å². The molecule has 1 aliphatic carbocycles. The molecule has 1 saturated heterocycles. The highest BCUT2D eigenvalue weighted by atomic mass is 35.5. The van der Waals surface area contributed by atoms with Crippen LogP contribution in [0.25, 0.3) is 0 Å². The van der Waals surface area contributed by atoms with E-state index in [2.05, 4.69) is 0 Å². The summed E-state index contributed by atoms with van der Waals surface area (Å²) >= 11 is 12.5. The molecule has 4 atom stereocenters. The summed E-state index contributed by atoms with van der Waals surface area (Å²) in [7, 11) is 0. The van der Waals surface area contributed by atoms with Crippen LogP contribution in [0.15, 0.2) is 48.5 Å². The highest BCUT2D eigenvalue weighted by molar-refractivity contribution is 6.30. The Morgan fingerprint density at radius 1 is 1.11 bits per heavy atom. The molecular formula is C27H29Cl2NO5. The van der Waals surface area contributed by atoms with Gasteiger partial charge in [0, 0.05) is 16.0 Å². The number of piperidine rings is 1. The lowest BCUT2D eigenvalue weighted by atomic mass is 9.67. The Bertz CT molecular complexity index is 1120. The monoisotopic (exact) mass is 517 g/mol. The predicted molar refractivity (Wildman–Crippen MR) is 133 cm³/mol. The van der Waals surface area contributed by atoms with Crippen molar-refractivity contribution >= 4 is 41.0 Å². The molecule has 0 radical (unpaired) electrons. The van der Waals surface area contributed by atoms with Gasteiger partial charge in [-0.3, -0.25) is 9.59 Å². The van der Waals surface area contributed by atoms with Gasteiger partial charge in [-0.25, -0.2) is 4.79 Å². The van der Waals surface area contributed by atoms with E-state index in [0.29, 0.717) is 16.5 Å². The van der Waals surface area contributed by atoms with Gasteiger partial charge in [0.2, 0.25) is 5.91 Å². The van der Waals surface area contributed by atoms with Crippen LogP contribution in [-0.4, -0.2) is 40.5 Å². The summed E-state index contributed by atoms with van der Waals surface area (Å²) in [5, 5.41) is 10.8. The van der Waals surface area contributed by atoms with Crippen molar-refractivity contribution in [2.45, 2.75) is 57.5 Å². The first kappa shape index (κ1) is 25.5. The molecule has 6 nitrogen and oxygen atoms in total. The van der Waals surface area contributed by atoms with Gasteiger partial charge < -0.3 is 14.7 Å². The van der Waals surface area contributed by atoms with E-state index in [-0.39, 0.29) is 30.8 Å². The van der Waals surface area contributed by atoms with E-state index >= 15 is 0 Å². The quantitative estimate of drug-likeness (QED) is 0.442. The number of halogens is 2. The second kappa shape index (κ2) is 10.2. The Labute approximate surface area is 215 Å².